The average molecular weight is 1230 g/mol. The SMILES string of the molecule is CCCCCCCCCC/C=C\CCCCCCCCCCCCCCCCCCCCCC(=O)NC(COC1OC(CO)C(O)C(O)C1O)C(O)/C=C/CCCCCCCCCCCCCCCCCCCCCCCCCCCCCCCCC. The number of hydrogen-bond donors (Lipinski definition) is 6. The van der Waals surface area contributed by atoms with Gasteiger partial charge in [-0.2, -0.15) is 0 Å². The molecule has 1 rings (SSSR count). The van der Waals surface area contributed by atoms with Crippen LogP contribution in [-0.4, -0.2) is 87.5 Å². The highest BCUT2D eigenvalue weighted by Crippen LogP contribution is 2.24. The highest BCUT2D eigenvalue weighted by atomic mass is 16.7. The van der Waals surface area contributed by atoms with Gasteiger partial charge in [0.25, 0.3) is 0 Å². The molecule has 1 amide bonds. The molecule has 1 fully saturated rings. The van der Waals surface area contributed by atoms with Gasteiger partial charge in [0.05, 0.1) is 25.4 Å². The van der Waals surface area contributed by atoms with Crippen molar-refractivity contribution >= 4 is 5.91 Å². The molecule has 1 aliphatic rings. The average Bonchev–Trinajstić information content (AvgIpc) is 3.47. The summed E-state index contributed by atoms with van der Waals surface area (Å²) < 4.78 is 11.3. The van der Waals surface area contributed by atoms with Crippen molar-refractivity contribution in [3.8, 4) is 0 Å². The predicted molar refractivity (Wildman–Crippen MR) is 374 cm³/mol. The second-order valence-electron chi connectivity index (χ2n) is 27.5. The van der Waals surface area contributed by atoms with Crippen LogP contribution in [0.1, 0.15) is 412 Å². The Kier molecular flexibility index (Phi) is 65.0. The number of carbonyl (C=O) groups excluding carboxylic acids is 1. The molecular weight excluding hydrogens is 1080 g/mol. The van der Waals surface area contributed by atoms with E-state index in [9.17, 15) is 30.3 Å². The van der Waals surface area contributed by atoms with Gasteiger partial charge in [-0.15, -0.1) is 0 Å². The maximum absolute atomic E-state index is 13.2. The summed E-state index contributed by atoms with van der Waals surface area (Å²) in [4.78, 5) is 13.2. The van der Waals surface area contributed by atoms with Crippen LogP contribution in [0.5, 0.6) is 0 Å². The first kappa shape index (κ1) is 83.7. The molecule has 7 atom stereocenters. The molecule has 87 heavy (non-hydrogen) atoms. The number of aliphatic hydroxyl groups is 5. The van der Waals surface area contributed by atoms with Crippen molar-refractivity contribution in [2.45, 2.75) is 455 Å². The number of ether oxygens (including phenoxy) is 2. The Bertz CT molecular complexity index is 1430. The van der Waals surface area contributed by atoms with E-state index in [-0.39, 0.29) is 12.5 Å². The lowest BCUT2D eigenvalue weighted by molar-refractivity contribution is -0.302. The lowest BCUT2D eigenvalue weighted by atomic mass is 9.99. The van der Waals surface area contributed by atoms with Crippen molar-refractivity contribution in [2.75, 3.05) is 13.2 Å². The molecule has 0 radical (unpaired) electrons. The monoisotopic (exact) mass is 1230 g/mol. The van der Waals surface area contributed by atoms with Crippen molar-refractivity contribution in [2.24, 2.45) is 0 Å². The van der Waals surface area contributed by atoms with E-state index in [0.717, 1.165) is 38.5 Å². The fraction of sp³-hybridized carbons (Fsp3) is 0.936. The van der Waals surface area contributed by atoms with Gasteiger partial charge in [0.15, 0.2) is 6.29 Å². The highest BCUT2D eigenvalue weighted by molar-refractivity contribution is 5.76. The molecule has 1 saturated heterocycles. The lowest BCUT2D eigenvalue weighted by Crippen LogP contribution is -2.60. The number of aliphatic hydroxyl groups excluding tert-OH is 5. The molecule has 0 aromatic rings. The van der Waals surface area contributed by atoms with E-state index in [1.54, 1.807) is 6.08 Å². The zero-order valence-corrected chi connectivity index (χ0v) is 58.1. The predicted octanol–water partition coefficient (Wildman–Crippen LogP) is 22.0. The topological polar surface area (TPSA) is 149 Å². The Hall–Kier alpha value is -1.33. The fourth-order valence-electron chi connectivity index (χ4n) is 12.9. The van der Waals surface area contributed by atoms with E-state index in [4.69, 9.17) is 9.47 Å². The molecule has 1 heterocycles. The summed E-state index contributed by atoms with van der Waals surface area (Å²) in [7, 11) is 0. The van der Waals surface area contributed by atoms with Crippen LogP contribution in [0, 0.1) is 0 Å². The second kappa shape index (κ2) is 67.6. The molecule has 7 unspecified atom stereocenters. The number of amides is 1. The fourth-order valence-corrected chi connectivity index (χ4v) is 12.9. The molecule has 0 aliphatic carbocycles. The van der Waals surface area contributed by atoms with E-state index in [2.05, 4.69) is 31.3 Å². The van der Waals surface area contributed by atoms with Gasteiger partial charge >= 0.3 is 0 Å². The van der Waals surface area contributed by atoms with Gasteiger partial charge in [-0.05, 0) is 44.9 Å². The Balaban J connectivity index is 2.07. The normalized spacial score (nSPS) is 18.0. The second-order valence-corrected chi connectivity index (χ2v) is 27.5. The molecular formula is C78H151NO8. The molecule has 1 aliphatic heterocycles. The quantitative estimate of drug-likeness (QED) is 0.0261. The lowest BCUT2D eigenvalue weighted by Gasteiger charge is -2.40. The first-order valence-corrected chi connectivity index (χ1v) is 39.1. The van der Waals surface area contributed by atoms with Crippen molar-refractivity contribution in [1.29, 1.82) is 0 Å². The minimum absolute atomic E-state index is 0.167. The van der Waals surface area contributed by atoms with E-state index in [0.29, 0.717) is 6.42 Å². The summed E-state index contributed by atoms with van der Waals surface area (Å²) in [6, 6.07) is -0.804. The van der Waals surface area contributed by atoms with Crippen molar-refractivity contribution in [3.05, 3.63) is 24.3 Å². The van der Waals surface area contributed by atoms with Crippen LogP contribution in [0.3, 0.4) is 0 Å². The maximum atomic E-state index is 13.2. The first-order valence-electron chi connectivity index (χ1n) is 39.1. The number of unbranched alkanes of at least 4 members (excludes halogenated alkanes) is 58. The zero-order valence-electron chi connectivity index (χ0n) is 58.1. The first-order chi connectivity index (χ1) is 42.8. The molecule has 0 saturated carbocycles. The maximum Gasteiger partial charge on any atom is 0.220 e. The summed E-state index contributed by atoms with van der Waals surface area (Å²) in [6.45, 7) is 3.85. The third kappa shape index (κ3) is 56.0. The smallest absolute Gasteiger partial charge is 0.220 e. The Morgan fingerprint density at radius 1 is 0.379 bits per heavy atom. The van der Waals surface area contributed by atoms with Gasteiger partial charge < -0.3 is 40.3 Å². The molecule has 9 heteroatoms. The summed E-state index contributed by atoms with van der Waals surface area (Å²) >= 11 is 0. The van der Waals surface area contributed by atoms with Crippen LogP contribution < -0.4 is 5.32 Å². The Morgan fingerprint density at radius 2 is 0.644 bits per heavy atom. The van der Waals surface area contributed by atoms with Crippen LogP contribution in [0.25, 0.3) is 0 Å². The number of carbonyl (C=O) groups is 1. The van der Waals surface area contributed by atoms with Crippen LogP contribution in [0.15, 0.2) is 24.3 Å². The molecule has 0 bridgehead atoms. The van der Waals surface area contributed by atoms with Crippen LogP contribution in [0.2, 0.25) is 0 Å². The number of nitrogens with one attached hydrogen (secondary N) is 1. The number of allylic oxidation sites excluding steroid dienone is 3. The third-order valence-electron chi connectivity index (χ3n) is 19.0. The standard InChI is InChI=1S/C78H151NO8/c1-3-5-7-9-11-13-15-17-19-21-23-25-27-29-31-33-35-36-38-39-41-43-45-47-49-51-53-55-57-59-61-63-65-67-72(81)71(70-86-78-77(85)76(84)75(83)73(69-80)87-78)79-74(82)68-66-64-62-60-58-56-54-52-50-48-46-44-42-40-37-34-32-30-28-26-24-22-20-18-16-14-12-10-8-6-4-2/h22,24,65,67,71-73,75-78,80-81,83-85H,3-21,23,25-64,66,68-70H2,1-2H3,(H,79,82)/b24-22-,67-65+. The highest BCUT2D eigenvalue weighted by Gasteiger charge is 2.44. The summed E-state index contributed by atoms with van der Waals surface area (Å²) in [5.74, 6) is -0.167. The van der Waals surface area contributed by atoms with Crippen LogP contribution >= 0.6 is 0 Å². The Labute approximate surface area is 540 Å². The van der Waals surface area contributed by atoms with Gasteiger partial charge in [0, 0.05) is 6.42 Å². The summed E-state index contributed by atoms with van der Waals surface area (Å²) in [5, 5.41) is 54.9. The van der Waals surface area contributed by atoms with Crippen LogP contribution in [0.4, 0.5) is 0 Å². The summed E-state index contributed by atoms with van der Waals surface area (Å²) in [6.07, 6.45) is 83.2. The third-order valence-corrected chi connectivity index (χ3v) is 19.0. The largest absolute Gasteiger partial charge is 0.394 e. The zero-order chi connectivity index (χ0) is 62.8. The molecule has 9 nitrogen and oxygen atoms in total. The minimum atomic E-state index is -1.57. The Morgan fingerprint density at radius 3 is 0.931 bits per heavy atom. The van der Waals surface area contributed by atoms with Gasteiger partial charge in [0.2, 0.25) is 5.91 Å². The van der Waals surface area contributed by atoms with E-state index in [1.807, 2.05) is 6.08 Å². The van der Waals surface area contributed by atoms with Gasteiger partial charge in [-0.1, -0.05) is 385 Å². The van der Waals surface area contributed by atoms with Crippen molar-refractivity contribution < 1.29 is 39.8 Å². The number of hydrogen-bond acceptors (Lipinski definition) is 8. The van der Waals surface area contributed by atoms with Crippen molar-refractivity contribution in [3.63, 3.8) is 0 Å². The molecule has 0 aromatic carbocycles. The van der Waals surface area contributed by atoms with Gasteiger partial charge in [-0.25, -0.2) is 0 Å². The molecule has 0 aromatic heterocycles. The number of rotatable bonds is 70. The molecule has 516 valence electrons. The van der Waals surface area contributed by atoms with Gasteiger partial charge in [-0.3, -0.25) is 4.79 Å². The van der Waals surface area contributed by atoms with E-state index in [1.165, 1.54) is 353 Å². The van der Waals surface area contributed by atoms with Crippen LogP contribution in [-0.2, 0) is 14.3 Å². The van der Waals surface area contributed by atoms with E-state index < -0.39 is 49.5 Å². The van der Waals surface area contributed by atoms with Gasteiger partial charge in [0.1, 0.15) is 24.4 Å². The molecule has 0 spiro atoms. The minimum Gasteiger partial charge on any atom is -0.394 e. The summed E-state index contributed by atoms with van der Waals surface area (Å²) in [5.41, 5.74) is 0. The van der Waals surface area contributed by atoms with E-state index >= 15 is 0 Å². The van der Waals surface area contributed by atoms with Crippen molar-refractivity contribution in [1.82, 2.24) is 5.32 Å². The molecule has 6 N–H and O–H groups in total.